The lowest BCUT2D eigenvalue weighted by atomic mass is 10.2. The lowest BCUT2D eigenvalue weighted by Crippen LogP contribution is -2.34. The van der Waals surface area contributed by atoms with Gasteiger partial charge in [0.15, 0.2) is 20.8 Å². The molecular formula is C22H25F2N3O3S2. The van der Waals surface area contributed by atoms with Gasteiger partial charge in [-0.05, 0) is 52.2 Å². The molecule has 3 aromatic rings. The summed E-state index contributed by atoms with van der Waals surface area (Å²) in [5, 5.41) is 0.223. The number of anilines is 1. The molecule has 0 spiro atoms. The minimum atomic E-state index is -3.64. The van der Waals surface area contributed by atoms with Gasteiger partial charge in [-0.15, -0.1) is 0 Å². The third-order valence-electron chi connectivity index (χ3n) is 4.89. The number of aromatic nitrogens is 1. The van der Waals surface area contributed by atoms with Crippen molar-refractivity contribution < 1.29 is 22.0 Å². The van der Waals surface area contributed by atoms with E-state index in [0.29, 0.717) is 13.0 Å². The fourth-order valence-corrected chi connectivity index (χ4v) is 5.43. The van der Waals surface area contributed by atoms with E-state index >= 15 is 0 Å². The summed E-state index contributed by atoms with van der Waals surface area (Å²) in [6.45, 7) is 2.84. The lowest BCUT2D eigenvalue weighted by molar-refractivity contribution is -0.118. The van der Waals surface area contributed by atoms with Crippen molar-refractivity contribution in [1.29, 1.82) is 0 Å². The molecule has 0 bridgehead atoms. The summed E-state index contributed by atoms with van der Waals surface area (Å²) < 4.78 is 53.3. The van der Waals surface area contributed by atoms with Crippen molar-refractivity contribution in [3.63, 3.8) is 0 Å². The molecule has 2 aromatic carbocycles. The van der Waals surface area contributed by atoms with Crippen molar-refractivity contribution in [3.8, 4) is 0 Å². The van der Waals surface area contributed by atoms with Crippen molar-refractivity contribution in [3.05, 3.63) is 53.6 Å². The number of hydrogen-bond acceptors (Lipinski definition) is 6. The molecule has 3 rings (SSSR count). The maximum atomic E-state index is 14.1. The Morgan fingerprint density at radius 1 is 1.09 bits per heavy atom. The molecule has 172 valence electrons. The van der Waals surface area contributed by atoms with Crippen molar-refractivity contribution >= 4 is 42.4 Å². The molecule has 32 heavy (non-hydrogen) atoms. The van der Waals surface area contributed by atoms with Gasteiger partial charge in [-0.2, -0.15) is 0 Å². The van der Waals surface area contributed by atoms with Crippen molar-refractivity contribution in [2.24, 2.45) is 0 Å². The molecule has 10 heteroatoms. The fraction of sp³-hybridized carbons (Fsp3) is 0.364. The maximum Gasteiger partial charge on any atom is 0.229 e. The predicted molar refractivity (Wildman–Crippen MR) is 123 cm³/mol. The molecule has 0 atom stereocenters. The molecule has 0 fully saturated rings. The van der Waals surface area contributed by atoms with Gasteiger partial charge in [-0.3, -0.25) is 9.69 Å². The van der Waals surface area contributed by atoms with E-state index < -0.39 is 27.4 Å². The van der Waals surface area contributed by atoms with Gasteiger partial charge >= 0.3 is 0 Å². The second-order valence-corrected chi connectivity index (χ2v) is 10.9. The molecule has 0 N–H and O–H groups in total. The van der Waals surface area contributed by atoms with Crippen LogP contribution in [0.25, 0.3) is 10.2 Å². The highest BCUT2D eigenvalue weighted by Crippen LogP contribution is 2.31. The Morgan fingerprint density at radius 3 is 2.44 bits per heavy atom. The van der Waals surface area contributed by atoms with Crippen LogP contribution in [-0.2, 0) is 14.6 Å². The quantitative estimate of drug-likeness (QED) is 0.462. The number of carbonyl (C=O) groups excluding carboxylic acids is 1. The number of amides is 1. The highest BCUT2D eigenvalue weighted by atomic mass is 32.2. The van der Waals surface area contributed by atoms with Crippen LogP contribution in [0.1, 0.15) is 18.4 Å². The molecule has 6 nitrogen and oxygen atoms in total. The molecule has 0 saturated heterocycles. The first-order valence-corrected chi connectivity index (χ1v) is 12.5. The van der Waals surface area contributed by atoms with Gasteiger partial charge in [0, 0.05) is 19.0 Å². The summed E-state index contributed by atoms with van der Waals surface area (Å²) in [5.41, 5.74) is 0.927. The van der Waals surface area contributed by atoms with E-state index in [9.17, 15) is 22.0 Å². The Balaban J connectivity index is 1.82. The summed E-state index contributed by atoms with van der Waals surface area (Å²) in [6, 6.07) is 8.37. The Morgan fingerprint density at radius 2 is 1.78 bits per heavy atom. The van der Waals surface area contributed by atoms with E-state index in [1.165, 1.54) is 23.1 Å². The molecule has 1 amide bonds. The second-order valence-electron chi connectivity index (χ2n) is 7.81. The molecule has 0 aliphatic rings. The van der Waals surface area contributed by atoms with E-state index in [1.54, 1.807) is 12.1 Å². The van der Waals surface area contributed by atoms with Crippen LogP contribution in [0.15, 0.2) is 41.3 Å². The number of carbonyl (C=O) groups is 1. The van der Waals surface area contributed by atoms with E-state index in [1.807, 2.05) is 25.9 Å². The SMILES string of the molecule is Cc1ccc(S(=O)(=O)CCC(=O)N(CCCN(C)C)c2nc3c(F)cc(F)cc3s2)cc1. The number of sulfone groups is 1. The Labute approximate surface area is 190 Å². The number of nitrogens with zero attached hydrogens (tertiary/aromatic N) is 3. The smallest absolute Gasteiger partial charge is 0.229 e. The van der Waals surface area contributed by atoms with Gasteiger partial charge in [0.25, 0.3) is 0 Å². The monoisotopic (exact) mass is 481 g/mol. The number of benzene rings is 2. The number of aryl methyl sites for hydroxylation is 1. The molecule has 0 aliphatic heterocycles. The van der Waals surface area contributed by atoms with E-state index in [4.69, 9.17) is 0 Å². The molecule has 0 aliphatic carbocycles. The van der Waals surface area contributed by atoms with Crippen molar-refractivity contribution in [2.45, 2.75) is 24.7 Å². The van der Waals surface area contributed by atoms with Gasteiger partial charge in [0.2, 0.25) is 5.91 Å². The summed E-state index contributed by atoms with van der Waals surface area (Å²) in [5.74, 6) is -2.31. The van der Waals surface area contributed by atoms with Crippen molar-refractivity contribution in [2.75, 3.05) is 37.8 Å². The van der Waals surface area contributed by atoms with Gasteiger partial charge in [0.1, 0.15) is 11.3 Å². The molecule has 0 saturated carbocycles. The first-order chi connectivity index (χ1) is 15.1. The third-order valence-corrected chi connectivity index (χ3v) is 7.64. The second kappa shape index (κ2) is 10.0. The van der Waals surface area contributed by atoms with Crippen LogP contribution in [0.5, 0.6) is 0 Å². The number of fused-ring (bicyclic) bond motifs is 1. The topological polar surface area (TPSA) is 70.6 Å². The average Bonchev–Trinajstić information content (AvgIpc) is 3.13. The first kappa shape index (κ1) is 24.2. The largest absolute Gasteiger partial charge is 0.309 e. The molecule has 0 radical (unpaired) electrons. The predicted octanol–water partition coefficient (Wildman–Crippen LogP) is 4.03. The summed E-state index contributed by atoms with van der Waals surface area (Å²) in [6.07, 6.45) is 0.362. The zero-order valence-electron chi connectivity index (χ0n) is 18.1. The van der Waals surface area contributed by atoms with Crippen LogP contribution in [-0.4, -0.2) is 57.1 Å². The average molecular weight is 482 g/mol. The zero-order chi connectivity index (χ0) is 23.5. The van der Waals surface area contributed by atoms with Crippen LogP contribution < -0.4 is 4.90 Å². The normalized spacial score (nSPS) is 11.9. The maximum absolute atomic E-state index is 14.1. The van der Waals surface area contributed by atoms with Gasteiger partial charge in [-0.1, -0.05) is 29.0 Å². The summed E-state index contributed by atoms with van der Waals surface area (Å²) in [4.78, 5) is 20.7. The van der Waals surface area contributed by atoms with E-state index in [0.717, 1.165) is 23.0 Å². The number of thiazole rings is 1. The first-order valence-electron chi connectivity index (χ1n) is 10.1. The molecular weight excluding hydrogens is 456 g/mol. The number of halogens is 2. The Kier molecular flexibility index (Phi) is 7.58. The lowest BCUT2D eigenvalue weighted by Gasteiger charge is -2.21. The van der Waals surface area contributed by atoms with Crippen LogP contribution >= 0.6 is 11.3 Å². The summed E-state index contributed by atoms with van der Waals surface area (Å²) in [7, 11) is 0.157. The Hall–Kier alpha value is -2.43. The van der Waals surface area contributed by atoms with E-state index in [-0.39, 0.29) is 39.0 Å². The number of hydrogen-bond donors (Lipinski definition) is 0. The third kappa shape index (κ3) is 5.87. The highest BCUT2D eigenvalue weighted by Gasteiger charge is 2.24. The van der Waals surface area contributed by atoms with Crippen LogP contribution in [0.2, 0.25) is 0 Å². The fourth-order valence-electron chi connectivity index (χ4n) is 3.15. The van der Waals surface area contributed by atoms with E-state index in [2.05, 4.69) is 4.98 Å². The number of rotatable bonds is 9. The molecule has 1 heterocycles. The van der Waals surface area contributed by atoms with Crippen LogP contribution in [0, 0.1) is 18.6 Å². The minimum absolute atomic E-state index is 0.0101. The van der Waals surface area contributed by atoms with Gasteiger partial charge < -0.3 is 4.90 Å². The zero-order valence-corrected chi connectivity index (χ0v) is 19.8. The Bertz CT molecular complexity index is 1210. The van der Waals surface area contributed by atoms with Gasteiger partial charge in [-0.25, -0.2) is 22.2 Å². The van der Waals surface area contributed by atoms with Crippen LogP contribution in [0.3, 0.4) is 0 Å². The highest BCUT2D eigenvalue weighted by molar-refractivity contribution is 7.91. The van der Waals surface area contributed by atoms with Crippen molar-refractivity contribution in [1.82, 2.24) is 9.88 Å². The molecule has 0 unspecified atom stereocenters. The molecule has 1 aromatic heterocycles. The standard InChI is InChI=1S/C22H25F2N3O3S2/c1-15-5-7-17(8-6-15)32(29,30)12-9-20(28)27(11-4-10-26(2)3)22-25-21-18(24)13-16(23)14-19(21)31-22/h5-8,13-14H,4,9-12H2,1-3H3. The van der Waals surface area contributed by atoms with Gasteiger partial charge in [0.05, 0.1) is 15.3 Å². The minimum Gasteiger partial charge on any atom is -0.309 e. The summed E-state index contributed by atoms with van der Waals surface area (Å²) >= 11 is 1.00. The van der Waals surface area contributed by atoms with Crippen LogP contribution in [0.4, 0.5) is 13.9 Å².